The van der Waals surface area contributed by atoms with E-state index in [0.717, 1.165) is 4.90 Å². The topological polar surface area (TPSA) is 109 Å². The number of nitrogens with zero attached hydrogens (tertiary/aromatic N) is 3. The molecule has 0 unspecified atom stereocenters. The molecule has 0 fully saturated rings. The van der Waals surface area contributed by atoms with Crippen molar-refractivity contribution >= 4 is 56.7 Å². The van der Waals surface area contributed by atoms with Crippen molar-refractivity contribution in [2.75, 3.05) is 9.62 Å². The second-order valence-electron chi connectivity index (χ2n) is 5.65. The van der Waals surface area contributed by atoms with E-state index < -0.39 is 21.8 Å². The number of hydrogen-bond acceptors (Lipinski definition) is 6. The number of anilines is 2. The SMILES string of the molecule is Cc1cc(C)nc(NS(=O)(=O)c2ccc(N3C(=O)C(Cl)=C(Cl)C3=O)cc2)n1. The van der Waals surface area contributed by atoms with E-state index in [2.05, 4.69) is 14.7 Å². The van der Waals surface area contributed by atoms with E-state index >= 15 is 0 Å². The smallest absolute Gasteiger partial charge is 0.267 e. The fourth-order valence-electron chi connectivity index (χ4n) is 2.44. The standard InChI is InChI=1S/C16H12Cl2N4O4S/c1-8-7-9(2)20-16(19-8)21-27(25,26)11-5-3-10(4-6-11)22-14(23)12(17)13(18)15(22)24/h3-7H,1-2H3,(H,19,20,21). The molecular formula is C16H12Cl2N4O4S. The molecule has 1 aliphatic heterocycles. The zero-order valence-corrected chi connectivity index (χ0v) is 16.4. The maximum absolute atomic E-state index is 12.5. The first-order chi connectivity index (χ1) is 12.6. The van der Waals surface area contributed by atoms with Crippen molar-refractivity contribution in [2.24, 2.45) is 0 Å². The van der Waals surface area contributed by atoms with Crippen LogP contribution in [-0.2, 0) is 19.6 Å². The first-order valence-electron chi connectivity index (χ1n) is 7.49. The van der Waals surface area contributed by atoms with Crippen molar-refractivity contribution < 1.29 is 18.0 Å². The molecule has 0 atom stereocenters. The molecule has 27 heavy (non-hydrogen) atoms. The van der Waals surface area contributed by atoms with Gasteiger partial charge in [-0.2, -0.15) is 0 Å². The number of rotatable bonds is 4. The van der Waals surface area contributed by atoms with Gasteiger partial charge >= 0.3 is 0 Å². The van der Waals surface area contributed by atoms with Gasteiger partial charge in [-0.1, -0.05) is 23.2 Å². The molecule has 140 valence electrons. The van der Waals surface area contributed by atoms with E-state index in [1.54, 1.807) is 19.9 Å². The molecule has 0 bridgehead atoms. The first kappa shape index (κ1) is 19.3. The number of amides is 2. The number of carbonyl (C=O) groups is 2. The molecule has 1 aromatic heterocycles. The summed E-state index contributed by atoms with van der Waals surface area (Å²) in [7, 11) is -3.96. The summed E-state index contributed by atoms with van der Waals surface area (Å²) in [6.45, 7) is 3.44. The highest BCUT2D eigenvalue weighted by Gasteiger charge is 2.37. The molecule has 0 saturated carbocycles. The number of aryl methyl sites for hydroxylation is 2. The van der Waals surface area contributed by atoms with Crippen LogP contribution in [0.4, 0.5) is 11.6 Å². The zero-order valence-electron chi connectivity index (χ0n) is 14.0. The third-order valence-corrected chi connectivity index (χ3v) is 5.73. The lowest BCUT2D eigenvalue weighted by Gasteiger charge is -2.15. The van der Waals surface area contributed by atoms with E-state index in [9.17, 15) is 18.0 Å². The van der Waals surface area contributed by atoms with E-state index in [-0.39, 0.29) is 26.6 Å². The Hall–Kier alpha value is -2.49. The Morgan fingerprint density at radius 3 is 1.89 bits per heavy atom. The number of benzene rings is 1. The van der Waals surface area contributed by atoms with Gasteiger partial charge in [-0.15, -0.1) is 0 Å². The van der Waals surface area contributed by atoms with Gasteiger partial charge < -0.3 is 0 Å². The highest BCUT2D eigenvalue weighted by Crippen LogP contribution is 2.31. The van der Waals surface area contributed by atoms with Crippen LogP contribution in [0.2, 0.25) is 0 Å². The van der Waals surface area contributed by atoms with Crippen LogP contribution in [0.15, 0.2) is 45.3 Å². The lowest BCUT2D eigenvalue weighted by molar-refractivity contribution is -0.120. The maximum Gasteiger partial charge on any atom is 0.278 e. The molecular weight excluding hydrogens is 415 g/mol. The quantitative estimate of drug-likeness (QED) is 0.751. The molecule has 8 nitrogen and oxygen atoms in total. The van der Waals surface area contributed by atoms with Crippen molar-refractivity contribution in [3.63, 3.8) is 0 Å². The third kappa shape index (κ3) is 3.66. The Morgan fingerprint density at radius 2 is 1.41 bits per heavy atom. The van der Waals surface area contributed by atoms with Crippen molar-refractivity contribution in [2.45, 2.75) is 18.7 Å². The lowest BCUT2D eigenvalue weighted by Crippen LogP contribution is -2.30. The molecule has 0 spiro atoms. The molecule has 2 heterocycles. The fourth-order valence-corrected chi connectivity index (χ4v) is 3.71. The Balaban J connectivity index is 1.87. The first-order valence-corrected chi connectivity index (χ1v) is 9.73. The fraction of sp³-hybridized carbons (Fsp3) is 0.125. The van der Waals surface area contributed by atoms with Gasteiger partial charge in [-0.3, -0.25) is 9.59 Å². The Labute approximate surface area is 164 Å². The van der Waals surface area contributed by atoms with Crippen LogP contribution >= 0.6 is 23.2 Å². The normalized spacial score (nSPS) is 14.9. The third-order valence-electron chi connectivity index (χ3n) is 3.59. The number of nitrogens with one attached hydrogen (secondary N) is 1. The Kier molecular flexibility index (Phi) is 4.94. The van der Waals surface area contributed by atoms with Gasteiger partial charge in [-0.05, 0) is 44.2 Å². The average molecular weight is 427 g/mol. The van der Waals surface area contributed by atoms with Crippen molar-refractivity contribution in [3.05, 3.63) is 51.8 Å². The number of aromatic nitrogens is 2. The number of hydrogen-bond donors (Lipinski definition) is 1. The van der Waals surface area contributed by atoms with Gasteiger partial charge in [0.25, 0.3) is 21.8 Å². The second-order valence-corrected chi connectivity index (χ2v) is 8.09. The monoisotopic (exact) mass is 426 g/mol. The highest BCUT2D eigenvalue weighted by atomic mass is 35.5. The predicted molar refractivity (Wildman–Crippen MR) is 100.0 cm³/mol. The van der Waals surface area contributed by atoms with Gasteiger partial charge in [0.05, 0.1) is 10.6 Å². The molecule has 1 aliphatic rings. The van der Waals surface area contributed by atoms with Gasteiger partial charge in [0.2, 0.25) is 5.95 Å². The molecule has 2 amide bonds. The summed E-state index contributed by atoms with van der Waals surface area (Å²) < 4.78 is 27.3. The van der Waals surface area contributed by atoms with Crippen LogP contribution in [-0.4, -0.2) is 30.2 Å². The average Bonchev–Trinajstić information content (AvgIpc) is 2.77. The summed E-state index contributed by atoms with van der Waals surface area (Å²) in [4.78, 5) is 32.7. The summed E-state index contributed by atoms with van der Waals surface area (Å²) in [6.07, 6.45) is 0. The maximum atomic E-state index is 12.5. The molecule has 1 N–H and O–H groups in total. The molecule has 0 radical (unpaired) electrons. The van der Waals surface area contributed by atoms with Crippen LogP contribution in [0.5, 0.6) is 0 Å². The van der Waals surface area contributed by atoms with Gasteiger partial charge in [-0.25, -0.2) is 28.0 Å². The lowest BCUT2D eigenvalue weighted by atomic mass is 10.3. The summed E-state index contributed by atoms with van der Waals surface area (Å²) in [5.41, 5.74) is 1.37. The second kappa shape index (κ2) is 6.91. The molecule has 11 heteroatoms. The minimum Gasteiger partial charge on any atom is -0.267 e. The zero-order chi connectivity index (χ0) is 19.9. The highest BCUT2D eigenvalue weighted by molar-refractivity contribution is 7.92. The predicted octanol–water partition coefficient (Wildman–Crippen LogP) is 2.46. The van der Waals surface area contributed by atoms with Crippen molar-refractivity contribution in [3.8, 4) is 0 Å². The van der Waals surface area contributed by atoms with Gasteiger partial charge in [0.1, 0.15) is 10.1 Å². The summed E-state index contributed by atoms with van der Waals surface area (Å²) >= 11 is 11.4. The minimum absolute atomic E-state index is 0.0516. The minimum atomic E-state index is -3.96. The van der Waals surface area contributed by atoms with Crippen LogP contribution in [0.1, 0.15) is 11.4 Å². The molecule has 3 rings (SSSR count). The van der Waals surface area contributed by atoms with Crippen LogP contribution in [0.25, 0.3) is 0 Å². The number of sulfonamides is 1. The van der Waals surface area contributed by atoms with Crippen LogP contribution in [0.3, 0.4) is 0 Å². The van der Waals surface area contributed by atoms with Crippen LogP contribution in [0, 0.1) is 13.8 Å². The molecule has 0 aliphatic carbocycles. The molecule has 0 saturated heterocycles. The summed E-state index contributed by atoms with van der Waals surface area (Å²) in [5, 5.41) is -0.765. The van der Waals surface area contributed by atoms with Crippen LogP contribution < -0.4 is 9.62 Å². The van der Waals surface area contributed by atoms with Gasteiger partial charge in [0, 0.05) is 11.4 Å². The van der Waals surface area contributed by atoms with E-state index in [1.807, 2.05) is 0 Å². The summed E-state index contributed by atoms with van der Waals surface area (Å²) in [5.74, 6) is -1.60. The van der Waals surface area contributed by atoms with E-state index in [0.29, 0.717) is 11.4 Å². The summed E-state index contributed by atoms with van der Waals surface area (Å²) in [6, 6.07) is 6.78. The number of imide groups is 1. The Morgan fingerprint density at radius 1 is 0.926 bits per heavy atom. The van der Waals surface area contributed by atoms with Crippen molar-refractivity contribution in [1.82, 2.24) is 9.97 Å². The largest absolute Gasteiger partial charge is 0.278 e. The molecule has 2 aromatic rings. The number of halogens is 2. The number of carbonyl (C=O) groups excluding carboxylic acids is 2. The Bertz CT molecular complexity index is 1050. The van der Waals surface area contributed by atoms with Crippen molar-refractivity contribution in [1.29, 1.82) is 0 Å². The van der Waals surface area contributed by atoms with E-state index in [1.165, 1.54) is 24.3 Å². The van der Waals surface area contributed by atoms with Gasteiger partial charge in [0.15, 0.2) is 0 Å². The van der Waals surface area contributed by atoms with E-state index in [4.69, 9.17) is 23.2 Å². The molecule has 1 aromatic carbocycles.